The second-order valence-corrected chi connectivity index (χ2v) is 7.51. The quantitative estimate of drug-likeness (QED) is 0.814. The van der Waals surface area contributed by atoms with E-state index >= 15 is 0 Å². The molecule has 2 fully saturated rings. The Labute approximate surface area is 156 Å². The van der Waals surface area contributed by atoms with Crippen molar-refractivity contribution in [2.24, 2.45) is 5.92 Å². The van der Waals surface area contributed by atoms with Gasteiger partial charge in [0, 0.05) is 31.2 Å². The van der Waals surface area contributed by atoms with Crippen molar-refractivity contribution in [2.45, 2.75) is 39.5 Å². The summed E-state index contributed by atoms with van der Waals surface area (Å²) in [6.07, 6.45) is 4.04. The average molecular weight is 357 g/mol. The van der Waals surface area contributed by atoms with Crippen LogP contribution in [-0.2, 0) is 9.59 Å². The van der Waals surface area contributed by atoms with Crippen molar-refractivity contribution in [3.8, 4) is 0 Å². The van der Waals surface area contributed by atoms with Crippen LogP contribution in [0.1, 0.15) is 38.2 Å². The number of hydrogen-bond donors (Lipinski definition) is 0. The first kappa shape index (κ1) is 18.9. The van der Waals surface area contributed by atoms with E-state index in [1.807, 2.05) is 47.9 Å². The van der Waals surface area contributed by atoms with E-state index in [9.17, 15) is 9.59 Å². The van der Waals surface area contributed by atoms with Crippen LogP contribution in [0.5, 0.6) is 0 Å². The predicted octanol–water partition coefficient (Wildman–Crippen LogP) is 2.68. The van der Waals surface area contributed by atoms with Gasteiger partial charge >= 0.3 is 0 Å². The van der Waals surface area contributed by atoms with Crippen molar-refractivity contribution >= 4 is 17.5 Å². The molecule has 142 valence electrons. The van der Waals surface area contributed by atoms with Crippen molar-refractivity contribution in [3.63, 3.8) is 0 Å². The Bertz CT molecular complexity index is 632. The van der Waals surface area contributed by atoms with Gasteiger partial charge in [-0.2, -0.15) is 0 Å². The van der Waals surface area contributed by atoms with E-state index in [1.165, 1.54) is 0 Å². The third-order valence-electron chi connectivity index (χ3n) is 5.74. The minimum absolute atomic E-state index is 0.145. The second-order valence-electron chi connectivity index (χ2n) is 7.51. The van der Waals surface area contributed by atoms with Crippen LogP contribution in [0.25, 0.3) is 0 Å². The van der Waals surface area contributed by atoms with Crippen LogP contribution in [0.2, 0.25) is 0 Å². The molecule has 5 nitrogen and oxygen atoms in total. The smallest absolute Gasteiger partial charge is 0.241 e. The highest BCUT2D eigenvalue weighted by Crippen LogP contribution is 2.23. The summed E-state index contributed by atoms with van der Waals surface area (Å²) in [6.45, 7) is 8.70. The number of carbonyl (C=O) groups is 2. The number of rotatable bonds is 5. The van der Waals surface area contributed by atoms with Crippen LogP contribution in [0.15, 0.2) is 24.3 Å². The van der Waals surface area contributed by atoms with Gasteiger partial charge in [0.05, 0.1) is 6.54 Å². The Morgan fingerprint density at radius 3 is 2.35 bits per heavy atom. The summed E-state index contributed by atoms with van der Waals surface area (Å²) >= 11 is 0. The molecular weight excluding hydrogens is 326 g/mol. The van der Waals surface area contributed by atoms with Gasteiger partial charge in [0.2, 0.25) is 11.8 Å². The first-order valence-corrected chi connectivity index (χ1v) is 9.97. The first-order valence-electron chi connectivity index (χ1n) is 9.97. The maximum Gasteiger partial charge on any atom is 0.241 e. The summed E-state index contributed by atoms with van der Waals surface area (Å²) in [5.74, 6) is 0.632. The zero-order valence-corrected chi connectivity index (χ0v) is 16.1. The summed E-state index contributed by atoms with van der Waals surface area (Å²) in [5, 5.41) is 0. The SMILES string of the molecule is CCN(C(=O)CN1CCC(C(=O)N2CCCC2)CC1)c1ccccc1C. The fraction of sp³-hybridized carbons (Fsp3) is 0.619. The first-order chi connectivity index (χ1) is 12.6. The summed E-state index contributed by atoms with van der Waals surface area (Å²) < 4.78 is 0. The molecule has 0 aliphatic carbocycles. The van der Waals surface area contributed by atoms with Crippen LogP contribution in [-0.4, -0.2) is 60.9 Å². The lowest BCUT2D eigenvalue weighted by Gasteiger charge is -2.34. The van der Waals surface area contributed by atoms with E-state index in [-0.39, 0.29) is 11.8 Å². The Kier molecular flexibility index (Phi) is 6.30. The van der Waals surface area contributed by atoms with E-state index < -0.39 is 0 Å². The Morgan fingerprint density at radius 2 is 1.73 bits per heavy atom. The molecule has 0 N–H and O–H groups in total. The van der Waals surface area contributed by atoms with Crippen LogP contribution in [0.4, 0.5) is 5.69 Å². The minimum atomic E-state index is 0.145. The molecule has 2 heterocycles. The highest BCUT2D eigenvalue weighted by Gasteiger charge is 2.30. The van der Waals surface area contributed by atoms with Crippen molar-refractivity contribution in [2.75, 3.05) is 44.2 Å². The zero-order chi connectivity index (χ0) is 18.5. The summed E-state index contributed by atoms with van der Waals surface area (Å²) in [5.41, 5.74) is 2.12. The molecule has 26 heavy (non-hydrogen) atoms. The van der Waals surface area contributed by atoms with Gasteiger partial charge in [0.15, 0.2) is 0 Å². The lowest BCUT2D eigenvalue weighted by molar-refractivity contribution is -0.136. The molecule has 0 aromatic heterocycles. The number of para-hydroxylation sites is 1. The average Bonchev–Trinajstić information content (AvgIpc) is 3.19. The summed E-state index contributed by atoms with van der Waals surface area (Å²) in [6, 6.07) is 8.03. The molecule has 2 aliphatic rings. The molecule has 1 aromatic carbocycles. The molecule has 0 spiro atoms. The molecule has 5 heteroatoms. The van der Waals surface area contributed by atoms with Gasteiger partial charge in [-0.05, 0) is 64.3 Å². The normalized spacial score (nSPS) is 18.9. The number of aryl methyl sites for hydroxylation is 1. The van der Waals surface area contributed by atoms with Crippen LogP contribution >= 0.6 is 0 Å². The molecule has 0 bridgehead atoms. The third kappa shape index (κ3) is 4.26. The fourth-order valence-corrected chi connectivity index (χ4v) is 4.16. The van der Waals surface area contributed by atoms with E-state index in [0.717, 1.165) is 63.1 Å². The number of amides is 2. The number of likely N-dealkylation sites (tertiary alicyclic amines) is 2. The van der Waals surface area contributed by atoms with Gasteiger partial charge in [-0.3, -0.25) is 14.5 Å². The zero-order valence-electron chi connectivity index (χ0n) is 16.1. The molecule has 0 unspecified atom stereocenters. The topological polar surface area (TPSA) is 43.9 Å². The molecule has 0 saturated carbocycles. The predicted molar refractivity (Wildman–Crippen MR) is 104 cm³/mol. The van der Waals surface area contributed by atoms with Crippen molar-refractivity contribution in [3.05, 3.63) is 29.8 Å². The number of likely N-dealkylation sites (N-methyl/N-ethyl adjacent to an activating group) is 1. The summed E-state index contributed by atoms with van der Waals surface area (Å²) in [4.78, 5) is 31.5. The van der Waals surface area contributed by atoms with E-state index in [2.05, 4.69) is 4.90 Å². The van der Waals surface area contributed by atoms with Crippen molar-refractivity contribution in [1.82, 2.24) is 9.80 Å². The monoisotopic (exact) mass is 357 g/mol. The minimum Gasteiger partial charge on any atom is -0.342 e. The largest absolute Gasteiger partial charge is 0.342 e. The number of carbonyl (C=O) groups excluding carboxylic acids is 2. The van der Waals surface area contributed by atoms with Gasteiger partial charge in [-0.15, -0.1) is 0 Å². The Hall–Kier alpha value is -1.88. The second kappa shape index (κ2) is 8.67. The van der Waals surface area contributed by atoms with E-state index in [0.29, 0.717) is 19.0 Å². The molecule has 2 aliphatic heterocycles. The van der Waals surface area contributed by atoms with E-state index in [4.69, 9.17) is 0 Å². The number of hydrogen-bond acceptors (Lipinski definition) is 3. The van der Waals surface area contributed by atoms with Crippen LogP contribution < -0.4 is 4.90 Å². The Balaban J connectivity index is 1.52. The molecule has 2 amide bonds. The van der Waals surface area contributed by atoms with Gasteiger partial charge in [-0.1, -0.05) is 18.2 Å². The van der Waals surface area contributed by atoms with Crippen LogP contribution in [0.3, 0.4) is 0 Å². The van der Waals surface area contributed by atoms with Gasteiger partial charge < -0.3 is 9.80 Å². The Morgan fingerprint density at radius 1 is 1.08 bits per heavy atom. The standard InChI is InChI=1S/C21H31N3O2/c1-3-24(19-9-5-4-8-17(19)2)20(25)16-22-14-10-18(11-15-22)21(26)23-12-6-7-13-23/h4-5,8-9,18H,3,6-7,10-16H2,1-2H3. The third-order valence-corrected chi connectivity index (χ3v) is 5.74. The van der Waals surface area contributed by atoms with Gasteiger partial charge in [0.1, 0.15) is 0 Å². The molecule has 0 atom stereocenters. The number of nitrogens with zero attached hydrogens (tertiary/aromatic N) is 3. The molecule has 0 radical (unpaired) electrons. The highest BCUT2D eigenvalue weighted by atomic mass is 16.2. The maximum atomic E-state index is 12.8. The fourth-order valence-electron chi connectivity index (χ4n) is 4.16. The number of anilines is 1. The number of piperidine rings is 1. The lowest BCUT2D eigenvalue weighted by atomic mass is 9.95. The van der Waals surface area contributed by atoms with Crippen LogP contribution in [0, 0.1) is 12.8 Å². The molecular formula is C21H31N3O2. The lowest BCUT2D eigenvalue weighted by Crippen LogP contribution is -2.46. The number of benzene rings is 1. The highest BCUT2D eigenvalue weighted by molar-refractivity contribution is 5.95. The molecule has 2 saturated heterocycles. The maximum absolute atomic E-state index is 12.8. The van der Waals surface area contributed by atoms with Gasteiger partial charge in [0.25, 0.3) is 0 Å². The molecule has 3 rings (SSSR count). The van der Waals surface area contributed by atoms with Gasteiger partial charge in [-0.25, -0.2) is 0 Å². The van der Waals surface area contributed by atoms with E-state index in [1.54, 1.807) is 0 Å². The summed E-state index contributed by atoms with van der Waals surface area (Å²) in [7, 11) is 0. The van der Waals surface area contributed by atoms with Crippen molar-refractivity contribution in [1.29, 1.82) is 0 Å². The van der Waals surface area contributed by atoms with Crippen molar-refractivity contribution < 1.29 is 9.59 Å². The molecule has 1 aromatic rings.